The van der Waals surface area contributed by atoms with Gasteiger partial charge in [-0.1, -0.05) is 0 Å². The third-order valence-corrected chi connectivity index (χ3v) is 6.02. The molecule has 2 unspecified atom stereocenters. The fourth-order valence-electron chi connectivity index (χ4n) is 4.49. The monoisotopic (exact) mass is 384 g/mol. The van der Waals surface area contributed by atoms with Gasteiger partial charge in [-0.2, -0.15) is 5.10 Å². The number of aliphatic imine (C=N–C) groups is 1. The summed E-state index contributed by atoms with van der Waals surface area (Å²) in [5, 5.41) is 7.95. The molecule has 0 aromatic carbocycles. The van der Waals surface area contributed by atoms with Gasteiger partial charge < -0.3 is 14.6 Å². The molecule has 2 aromatic rings. The van der Waals surface area contributed by atoms with Crippen molar-refractivity contribution in [2.24, 2.45) is 12.0 Å². The van der Waals surface area contributed by atoms with Gasteiger partial charge in [-0.25, -0.2) is 0 Å². The normalized spacial score (nSPS) is 22.2. The Kier molecular flexibility index (Phi) is 5.71. The molecule has 1 N–H and O–H groups in total. The third-order valence-electron chi connectivity index (χ3n) is 6.02. The van der Waals surface area contributed by atoms with Crippen molar-refractivity contribution in [1.82, 2.24) is 24.9 Å². The number of rotatable bonds is 5. The number of hydrogen-bond donors (Lipinski definition) is 1. The van der Waals surface area contributed by atoms with E-state index in [-0.39, 0.29) is 6.04 Å². The van der Waals surface area contributed by atoms with Crippen LogP contribution in [0.2, 0.25) is 0 Å². The summed E-state index contributed by atoms with van der Waals surface area (Å²) in [6.07, 6.45) is 7.80. The van der Waals surface area contributed by atoms with Crippen LogP contribution in [-0.4, -0.2) is 65.3 Å². The highest BCUT2D eigenvalue weighted by Crippen LogP contribution is 2.28. The van der Waals surface area contributed by atoms with Crippen LogP contribution in [0.5, 0.6) is 0 Å². The first-order chi connectivity index (χ1) is 13.6. The Labute approximate surface area is 167 Å². The van der Waals surface area contributed by atoms with Gasteiger partial charge in [0.2, 0.25) is 0 Å². The van der Waals surface area contributed by atoms with Crippen molar-refractivity contribution in [1.29, 1.82) is 0 Å². The largest absolute Gasteiger partial charge is 0.465 e. The van der Waals surface area contributed by atoms with Crippen molar-refractivity contribution in [3.05, 3.63) is 41.6 Å². The highest BCUT2D eigenvalue weighted by molar-refractivity contribution is 5.80. The Bertz CT molecular complexity index is 803. The zero-order valence-electron chi connectivity index (χ0n) is 17.3. The maximum absolute atomic E-state index is 5.98. The lowest BCUT2D eigenvalue weighted by molar-refractivity contribution is 0.212. The van der Waals surface area contributed by atoms with E-state index in [1.807, 2.05) is 31.9 Å². The molecule has 2 aliphatic heterocycles. The highest BCUT2D eigenvalue weighted by Gasteiger charge is 2.29. The minimum Gasteiger partial charge on any atom is -0.465 e. The van der Waals surface area contributed by atoms with Gasteiger partial charge in [0.05, 0.1) is 12.2 Å². The van der Waals surface area contributed by atoms with E-state index in [0.717, 1.165) is 56.6 Å². The van der Waals surface area contributed by atoms with Crippen LogP contribution in [0, 0.1) is 6.92 Å². The molecule has 28 heavy (non-hydrogen) atoms. The Morgan fingerprint density at radius 1 is 1.32 bits per heavy atom. The second-order valence-electron chi connectivity index (χ2n) is 8.01. The molecule has 7 nitrogen and oxygen atoms in total. The summed E-state index contributed by atoms with van der Waals surface area (Å²) in [5.41, 5.74) is 1.32. The van der Waals surface area contributed by atoms with Crippen molar-refractivity contribution >= 4 is 5.96 Å². The number of furan rings is 1. The fraction of sp³-hybridized carbons (Fsp3) is 0.619. The summed E-state index contributed by atoms with van der Waals surface area (Å²) < 4.78 is 7.87. The molecular formula is C21H32N6O. The van der Waals surface area contributed by atoms with Crippen LogP contribution < -0.4 is 5.32 Å². The van der Waals surface area contributed by atoms with E-state index in [2.05, 4.69) is 43.5 Å². The molecule has 2 aliphatic rings. The first-order valence-electron chi connectivity index (χ1n) is 10.4. The molecule has 0 spiro atoms. The number of aryl methyl sites for hydroxylation is 2. The summed E-state index contributed by atoms with van der Waals surface area (Å²) in [7, 11) is 3.85. The van der Waals surface area contributed by atoms with Gasteiger partial charge in [0.15, 0.2) is 5.96 Å². The van der Waals surface area contributed by atoms with Crippen LogP contribution in [0.3, 0.4) is 0 Å². The minimum atomic E-state index is 0.254. The van der Waals surface area contributed by atoms with E-state index in [4.69, 9.17) is 4.42 Å². The van der Waals surface area contributed by atoms with Crippen LogP contribution in [0.25, 0.3) is 0 Å². The summed E-state index contributed by atoms with van der Waals surface area (Å²) in [5.74, 6) is 3.53. The van der Waals surface area contributed by atoms with Crippen molar-refractivity contribution in [2.75, 3.05) is 39.8 Å². The summed E-state index contributed by atoms with van der Waals surface area (Å²) in [6, 6.07) is 4.44. The zero-order chi connectivity index (χ0) is 19.5. The molecule has 2 saturated heterocycles. The average molecular weight is 385 g/mol. The van der Waals surface area contributed by atoms with Gasteiger partial charge in [0.1, 0.15) is 11.5 Å². The second kappa shape index (κ2) is 8.39. The van der Waals surface area contributed by atoms with Crippen LogP contribution in [-0.2, 0) is 7.05 Å². The van der Waals surface area contributed by atoms with E-state index >= 15 is 0 Å². The standard InChI is InChI=1S/C21H32N6O/c1-16-6-7-20(28-16)19(26-9-4-5-10-26)13-23-21(22-2)27-11-8-17(15-27)18-12-24-25(3)14-18/h6-7,12,14,17,19H,4-5,8-11,13,15H2,1-3H3,(H,22,23). The van der Waals surface area contributed by atoms with Crippen LogP contribution >= 0.6 is 0 Å². The Hall–Kier alpha value is -2.28. The van der Waals surface area contributed by atoms with E-state index in [9.17, 15) is 0 Å². The number of nitrogens with one attached hydrogen (secondary N) is 1. The topological polar surface area (TPSA) is 61.8 Å². The predicted molar refractivity (Wildman–Crippen MR) is 110 cm³/mol. The molecule has 2 fully saturated rings. The number of aromatic nitrogens is 2. The first kappa shape index (κ1) is 19.1. The summed E-state index contributed by atoms with van der Waals surface area (Å²) in [4.78, 5) is 9.46. The Morgan fingerprint density at radius 3 is 2.79 bits per heavy atom. The molecule has 7 heteroatoms. The minimum absolute atomic E-state index is 0.254. The molecule has 2 atom stereocenters. The van der Waals surface area contributed by atoms with E-state index in [0.29, 0.717) is 5.92 Å². The first-order valence-corrected chi connectivity index (χ1v) is 10.4. The van der Waals surface area contributed by atoms with Crippen LogP contribution in [0.1, 0.15) is 48.3 Å². The Morgan fingerprint density at radius 2 is 2.14 bits per heavy atom. The third kappa shape index (κ3) is 4.09. The number of hydrogen-bond acceptors (Lipinski definition) is 4. The van der Waals surface area contributed by atoms with Crippen LogP contribution in [0.4, 0.5) is 0 Å². The predicted octanol–water partition coefficient (Wildman–Crippen LogP) is 2.52. The molecule has 0 amide bonds. The SMILES string of the molecule is CN=C(NCC(c1ccc(C)o1)N1CCCC1)N1CCC(c2cnn(C)c2)C1. The van der Waals surface area contributed by atoms with E-state index < -0.39 is 0 Å². The summed E-state index contributed by atoms with van der Waals surface area (Å²) >= 11 is 0. The van der Waals surface area contributed by atoms with Gasteiger partial charge in [-0.3, -0.25) is 14.6 Å². The zero-order valence-corrected chi connectivity index (χ0v) is 17.3. The molecule has 4 heterocycles. The molecule has 0 aliphatic carbocycles. The number of guanidine groups is 1. The maximum atomic E-state index is 5.98. The van der Waals surface area contributed by atoms with Crippen molar-refractivity contribution in [3.63, 3.8) is 0 Å². The molecule has 0 bridgehead atoms. The van der Waals surface area contributed by atoms with E-state index in [1.54, 1.807) is 0 Å². The average Bonchev–Trinajstić information content (AvgIpc) is 3.46. The van der Waals surface area contributed by atoms with Gasteiger partial charge in [-0.05, 0) is 57.0 Å². The lowest BCUT2D eigenvalue weighted by Gasteiger charge is -2.28. The van der Waals surface area contributed by atoms with Gasteiger partial charge in [-0.15, -0.1) is 0 Å². The van der Waals surface area contributed by atoms with Crippen molar-refractivity contribution in [3.8, 4) is 0 Å². The Balaban J connectivity index is 1.40. The van der Waals surface area contributed by atoms with Gasteiger partial charge in [0, 0.05) is 45.8 Å². The van der Waals surface area contributed by atoms with Gasteiger partial charge >= 0.3 is 0 Å². The molecule has 0 radical (unpaired) electrons. The highest BCUT2D eigenvalue weighted by atomic mass is 16.3. The quantitative estimate of drug-likeness (QED) is 0.634. The molecule has 4 rings (SSSR count). The molecular weight excluding hydrogens is 352 g/mol. The number of likely N-dealkylation sites (tertiary alicyclic amines) is 2. The van der Waals surface area contributed by atoms with E-state index in [1.165, 1.54) is 18.4 Å². The molecule has 0 saturated carbocycles. The van der Waals surface area contributed by atoms with Crippen molar-refractivity contribution in [2.45, 2.75) is 38.1 Å². The molecule has 2 aromatic heterocycles. The lowest BCUT2D eigenvalue weighted by atomic mass is 10.0. The van der Waals surface area contributed by atoms with Gasteiger partial charge in [0.25, 0.3) is 0 Å². The second-order valence-corrected chi connectivity index (χ2v) is 8.01. The lowest BCUT2D eigenvalue weighted by Crippen LogP contribution is -2.44. The van der Waals surface area contributed by atoms with Crippen LogP contribution in [0.15, 0.2) is 33.9 Å². The summed E-state index contributed by atoms with van der Waals surface area (Å²) in [6.45, 7) is 7.11. The maximum Gasteiger partial charge on any atom is 0.193 e. The fourth-order valence-corrected chi connectivity index (χ4v) is 4.49. The number of nitrogens with zero attached hydrogens (tertiary/aromatic N) is 5. The molecule has 152 valence electrons. The smallest absolute Gasteiger partial charge is 0.193 e. The van der Waals surface area contributed by atoms with Crippen molar-refractivity contribution < 1.29 is 4.42 Å².